The highest BCUT2D eigenvalue weighted by molar-refractivity contribution is 5.79. The molecule has 0 fully saturated rings. The van der Waals surface area contributed by atoms with Gasteiger partial charge in [0.2, 0.25) is 5.91 Å². The summed E-state index contributed by atoms with van der Waals surface area (Å²) >= 11 is 0. The zero-order chi connectivity index (χ0) is 13.8. The molecule has 2 N–H and O–H groups in total. The van der Waals surface area contributed by atoms with Crippen molar-refractivity contribution >= 4 is 17.0 Å². The van der Waals surface area contributed by atoms with Crippen LogP contribution in [0, 0.1) is 5.92 Å². The van der Waals surface area contributed by atoms with E-state index in [-0.39, 0.29) is 25.0 Å². The van der Waals surface area contributed by atoms with Gasteiger partial charge in [-0.1, -0.05) is 19.1 Å². The third kappa shape index (κ3) is 3.03. The van der Waals surface area contributed by atoms with Crippen molar-refractivity contribution in [1.82, 2.24) is 9.88 Å². The molecule has 1 aromatic carbocycles. The lowest BCUT2D eigenvalue weighted by Crippen LogP contribution is -2.34. The van der Waals surface area contributed by atoms with Crippen LogP contribution < -0.4 is 11.1 Å². The molecule has 6 heteroatoms. The van der Waals surface area contributed by atoms with E-state index < -0.39 is 5.76 Å². The van der Waals surface area contributed by atoms with E-state index in [1.807, 2.05) is 6.92 Å². The summed E-state index contributed by atoms with van der Waals surface area (Å²) in [4.78, 5) is 23.4. The molecule has 2 aromatic rings. The Balaban J connectivity index is 2.11. The van der Waals surface area contributed by atoms with Crippen LogP contribution in [0.2, 0.25) is 0 Å². The Kier molecular flexibility index (Phi) is 4.01. The first-order chi connectivity index (χ1) is 9.11. The molecule has 0 bridgehead atoms. The van der Waals surface area contributed by atoms with E-state index in [0.717, 1.165) is 0 Å². The predicted octanol–water partition coefficient (Wildman–Crippen LogP) is 0.339. The number of carbonyl (C=O) groups excluding carboxylic acids is 1. The highest BCUT2D eigenvalue weighted by Crippen LogP contribution is 2.11. The number of aliphatic hydroxyl groups is 1. The number of nitrogens with zero attached hydrogens (tertiary/aromatic N) is 1. The second-order valence-corrected chi connectivity index (χ2v) is 4.51. The molecule has 1 amide bonds. The minimum absolute atomic E-state index is 0.00880. The lowest BCUT2D eigenvalue weighted by atomic mass is 10.2. The highest BCUT2D eigenvalue weighted by atomic mass is 16.4. The fourth-order valence-electron chi connectivity index (χ4n) is 1.72. The van der Waals surface area contributed by atoms with Crippen molar-refractivity contribution in [2.24, 2.45) is 5.92 Å². The van der Waals surface area contributed by atoms with Crippen molar-refractivity contribution in [2.75, 3.05) is 13.2 Å². The molecule has 1 aromatic heterocycles. The minimum atomic E-state index is -0.549. The Labute approximate surface area is 109 Å². The van der Waals surface area contributed by atoms with Crippen LogP contribution >= 0.6 is 0 Å². The Hall–Kier alpha value is -2.08. The van der Waals surface area contributed by atoms with Crippen LogP contribution in [0.25, 0.3) is 11.1 Å². The van der Waals surface area contributed by atoms with Crippen LogP contribution in [0.4, 0.5) is 0 Å². The normalized spacial score (nSPS) is 12.5. The van der Waals surface area contributed by atoms with Gasteiger partial charge in [0.05, 0.1) is 5.52 Å². The zero-order valence-electron chi connectivity index (χ0n) is 10.6. The number of nitrogens with one attached hydrogen (secondary N) is 1. The number of hydrogen-bond acceptors (Lipinski definition) is 4. The van der Waals surface area contributed by atoms with Crippen molar-refractivity contribution < 1.29 is 14.3 Å². The van der Waals surface area contributed by atoms with Gasteiger partial charge in [0.1, 0.15) is 6.54 Å². The highest BCUT2D eigenvalue weighted by Gasteiger charge is 2.12. The maximum absolute atomic E-state index is 11.7. The smallest absolute Gasteiger partial charge is 0.408 e. The molecular formula is C13H16N2O4. The first kappa shape index (κ1) is 13.4. The first-order valence-corrected chi connectivity index (χ1v) is 6.07. The van der Waals surface area contributed by atoms with Crippen molar-refractivity contribution in [2.45, 2.75) is 13.5 Å². The molecule has 0 saturated carbocycles. The molecule has 0 spiro atoms. The third-order valence-electron chi connectivity index (χ3n) is 2.83. The van der Waals surface area contributed by atoms with Gasteiger partial charge in [-0.15, -0.1) is 0 Å². The van der Waals surface area contributed by atoms with Gasteiger partial charge in [-0.05, 0) is 18.1 Å². The van der Waals surface area contributed by atoms with Crippen LogP contribution in [0.5, 0.6) is 0 Å². The summed E-state index contributed by atoms with van der Waals surface area (Å²) in [5, 5.41) is 11.5. The summed E-state index contributed by atoms with van der Waals surface area (Å²) in [6, 6.07) is 6.95. The Morgan fingerprint density at radius 3 is 2.95 bits per heavy atom. The number of fused-ring (bicyclic) bond motifs is 1. The van der Waals surface area contributed by atoms with Gasteiger partial charge in [0.15, 0.2) is 5.58 Å². The molecule has 0 aliphatic carbocycles. The Bertz CT molecular complexity index is 629. The standard InChI is InChI=1S/C13H16N2O4/c1-9(8-16)6-14-12(17)7-15-10-4-2-3-5-11(10)19-13(15)18/h2-5,9,16H,6-8H2,1H3,(H,14,17). The molecule has 0 radical (unpaired) electrons. The largest absolute Gasteiger partial charge is 0.420 e. The second kappa shape index (κ2) is 5.71. The van der Waals surface area contributed by atoms with E-state index in [1.165, 1.54) is 4.57 Å². The van der Waals surface area contributed by atoms with Gasteiger partial charge < -0.3 is 14.8 Å². The van der Waals surface area contributed by atoms with Crippen LogP contribution in [0.15, 0.2) is 33.5 Å². The quantitative estimate of drug-likeness (QED) is 0.815. The van der Waals surface area contributed by atoms with Crippen LogP contribution in [0.3, 0.4) is 0 Å². The van der Waals surface area contributed by atoms with Crippen LogP contribution in [-0.2, 0) is 11.3 Å². The van der Waals surface area contributed by atoms with Crippen molar-refractivity contribution in [3.8, 4) is 0 Å². The molecule has 0 aliphatic rings. The summed E-state index contributed by atoms with van der Waals surface area (Å²) in [5.41, 5.74) is 1.06. The second-order valence-electron chi connectivity index (χ2n) is 4.51. The Morgan fingerprint density at radius 1 is 1.47 bits per heavy atom. The Morgan fingerprint density at radius 2 is 2.21 bits per heavy atom. The number of para-hydroxylation sites is 2. The molecular weight excluding hydrogens is 248 g/mol. The maximum atomic E-state index is 11.7. The molecule has 19 heavy (non-hydrogen) atoms. The van der Waals surface area contributed by atoms with Gasteiger partial charge in [-0.25, -0.2) is 4.79 Å². The van der Waals surface area contributed by atoms with Crippen LogP contribution in [-0.4, -0.2) is 28.7 Å². The average Bonchev–Trinajstić information content (AvgIpc) is 2.72. The summed E-state index contributed by atoms with van der Waals surface area (Å²) < 4.78 is 6.32. The van der Waals surface area contributed by atoms with E-state index >= 15 is 0 Å². The van der Waals surface area contributed by atoms with E-state index in [4.69, 9.17) is 9.52 Å². The topological polar surface area (TPSA) is 84.5 Å². The van der Waals surface area contributed by atoms with E-state index in [9.17, 15) is 9.59 Å². The summed E-state index contributed by atoms with van der Waals surface area (Å²) in [6.07, 6.45) is 0. The van der Waals surface area contributed by atoms with Crippen molar-refractivity contribution in [3.63, 3.8) is 0 Å². The van der Waals surface area contributed by atoms with Gasteiger partial charge >= 0.3 is 5.76 Å². The maximum Gasteiger partial charge on any atom is 0.420 e. The number of benzene rings is 1. The fourth-order valence-corrected chi connectivity index (χ4v) is 1.72. The molecule has 1 unspecified atom stereocenters. The number of hydrogen-bond donors (Lipinski definition) is 2. The molecule has 6 nitrogen and oxygen atoms in total. The number of oxazole rings is 1. The molecule has 1 heterocycles. The SMILES string of the molecule is CC(CO)CNC(=O)Cn1c(=O)oc2ccccc21. The van der Waals surface area contributed by atoms with Gasteiger partial charge in [0.25, 0.3) is 0 Å². The van der Waals surface area contributed by atoms with E-state index in [2.05, 4.69) is 5.32 Å². The minimum Gasteiger partial charge on any atom is -0.408 e. The number of rotatable bonds is 5. The van der Waals surface area contributed by atoms with E-state index in [0.29, 0.717) is 17.6 Å². The average molecular weight is 264 g/mol. The molecule has 0 aliphatic heterocycles. The number of carbonyl (C=O) groups is 1. The first-order valence-electron chi connectivity index (χ1n) is 6.07. The molecule has 102 valence electrons. The number of amides is 1. The van der Waals surface area contributed by atoms with Crippen LogP contribution in [0.1, 0.15) is 6.92 Å². The molecule has 2 rings (SSSR count). The fraction of sp³-hybridized carbons (Fsp3) is 0.385. The van der Waals surface area contributed by atoms with Crippen molar-refractivity contribution in [1.29, 1.82) is 0 Å². The molecule has 0 saturated heterocycles. The monoisotopic (exact) mass is 264 g/mol. The number of aliphatic hydroxyl groups excluding tert-OH is 1. The van der Waals surface area contributed by atoms with Gasteiger partial charge in [0, 0.05) is 13.2 Å². The van der Waals surface area contributed by atoms with E-state index in [1.54, 1.807) is 24.3 Å². The molecule has 1 atom stereocenters. The summed E-state index contributed by atoms with van der Waals surface area (Å²) in [6.45, 7) is 2.11. The van der Waals surface area contributed by atoms with Gasteiger partial charge in [-0.2, -0.15) is 0 Å². The lowest BCUT2D eigenvalue weighted by molar-refractivity contribution is -0.121. The van der Waals surface area contributed by atoms with Gasteiger partial charge in [-0.3, -0.25) is 9.36 Å². The predicted molar refractivity (Wildman–Crippen MR) is 69.7 cm³/mol. The lowest BCUT2D eigenvalue weighted by Gasteiger charge is -2.09. The summed E-state index contributed by atoms with van der Waals surface area (Å²) in [7, 11) is 0. The zero-order valence-corrected chi connectivity index (χ0v) is 10.6. The third-order valence-corrected chi connectivity index (χ3v) is 2.83. The number of aromatic nitrogens is 1. The summed E-state index contributed by atoms with van der Waals surface area (Å²) in [5.74, 6) is -0.845. The van der Waals surface area contributed by atoms with Crippen molar-refractivity contribution in [3.05, 3.63) is 34.8 Å².